The van der Waals surface area contributed by atoms with Gasteiger partial charge in [-0.25, -0.2) is 0 Å². The van der Waals surface area contributed by atoms with Gasteiger partial charge in [0.2, 0.25) is 11.8 Å². The van der Waals surface area contributed by atoms with Gasteiger partial charge in [-0.1, -0.05) is 54.6 Å². The Kier molecular flexibility index (Phi) is 5.44. The van der Waals surface area contributed by atoms with Crippen LogP contribution in [0.4, 0.5) is 17.1 Å². The summed E-state index contributed by atoms with van der Waals surface area (Å²) in [4.78, 5) is 28.7. The zero-order chi connectivity index (χ0) is 18.4. The summed E-state index contributed by atoms with van der Waals surface area (Å²) in [5, 5.41) is 0. The van der Waals surface area contributed by atoms with Gasteiger partial charge >= 0.3 is 0 Å². The summed E-state index contributed by atoms with van der Waals surface area (Å²) in [5.41, 5.74) is 2.23. The fourth-order valence-corrected chi connectivity index (χ4v) is 2.71. The van der Waals surface area contributed by atoms with Crippen LogP contribution in [-0.2, 0) is 9.59 Å². The van der Waals surface area contributed by atoms with Gasteiger partial charge in [-0.05, 0) is 36.4 Å². The third-order valence-electron chi connectivity index (χ3n) is 4.10. The molecule has 0 spiro atoms. The smallest absolute Gasteiger partial charge is 0.240 e. The van der Waals surface area contributed by atoms with Gasteiger partial charge in [-0.3, -0.25) is 14.5 Å². The predicted molar refractivity (Wildman–Crippen MR) is 104 cm³/mol. The first-order valence-corrected chi connectivity index (χ1v) is 8.41. The summed E-state index contributed by atoms with van der Waals surface area (Å²) in [5.74, 6) is -0.520. The molecule has 0 aliphatic heterocycles. The number of para-hydroxylation sites is 3. The zero-order valence-electron chi connectivity index (χ0n) is 14.6. The van der Waals surface area contributed by atoms with E-state index >= 15 is 0 Å². The number of benzene rings is 3. The highest BCUT2D eigenvalue weighted by Gasteiger charge is 2.22. The molecule has 0 bridgehead atoms. The normalized spacial score (nSPS) is 10.2. The average molecular weight is 344 g/mol. The molecule has 26 heavy (non-hydrogen) atoms. The van der Waals surface area contributed by atoms with Gasteiger partial charge < -0.3 is 4.90 Å². The van der Waals surface area contributed by atoms with Crippen LogP contribution in [0, 0.1) is 0 Å². The van der Waals surface area contributed by atoms with Gasteiger partial charge in [-0.2, -0.15) is 0 Å². The first-order chi connectivity index (χ1) is 12.7. The minimum Gasteiger partial charge on any atom is -0.315 e. The quantitative estimate of drug-likeness (QED) is 0.644. The average Bonchev–Trinajstić information content (AvgIpc) is 2.70. The SMILES string of the molecule is CN(C(=O)CC(=O)N(c1ccccc1)c1ccccc1)c1ccccc1. The molecule has 3 aromatic carbocycles. The summed E-state index contributed by atoms with van der Waals surface area (Å²) >= 11 is 0. The minimum atomic E-state index is -0.268. The van der Waals surface area contributed by atoms with Crippen molar-refractivity contribution < 1.29 is 9.59 Å². The lowest BCUT2D eigenvalue weighted by atomic mass is 10.2. The Hall–Kier alpha value is -3.40. The van der Waals surface area contributed by atoms with E-state index in [1.54, 1.807) is 11.9 Å². The molecule has 0 saturated heterocycles. The van der Waals surface area contributed by atoms with Gasteiger partial charge in [0.1, 0.15) is 6.42 Å². The maximum absolute atomic E-state index is 13.0. The zero-order valence-corrected chi connectivity index (χ0v) is 14.6. The second-order valence-corrected chi connectivity index (χ2v) is 5.87. The first kappa shape index (κ1) is 17.4. The van der Waals surface area contributed by atoms with E-state index < -0.39 is 0 Å². The summed E-state index contributed by atoms with van der Waals surface area (Å²) < 4.78 is 0. The molecule has 0 heterocycles. The van der Waals surface area contributed by atoms with E-state index in [9.17, 15) is 9.59 Å². The second-order valence-electron chi connectivity index (χ2n) is 5.87. The molecule has 0 unspecified atom stereocenters. The molecule has 0 saturated carbocycles. The molecule has 0 aliphatic rings. The van der Waals surface area contributed by atoms with Crippen LogP contribution in [0.1, 0.15) is 6.42 Å². The van der Waals surface area contributed by atoms with Crippen LogP contribution >= 0.6 is 0 Å². The van der Waals surface area contributed by atoms with Crippen molar-refractivity contribution in [1.29, 1.82) is 0 Å². The van der Waals surface area contributed by atoms with Crippen LogP contribution in [0.5, 0.6) is 0 Å². The number of anilines is 3. The lowest BCUT2D eigenvalue weighted by Gasteiger charge is -2.24. The first-order valence-electron chi connectivity index (χ1n) is 8.41. The van der Waals surface area contributed by atoms with E-state index in [2.05, 4.69) is 0 Å². The van der Waals surface area contributed by atoms with Crippen molar-refractivity contribution in [3.05, 3.63) is 91.0 Å². The van der Waals surface area contributed by atoms with Crippen molar-refractivity contribution in [1.82, 2.24) is 0 Å². The third kappa shape index (κ3) is 3.98. The van der Waals surface area contributed by atoms with E-state index in [1.807, 2.05) is 91.0 Å². The Morgan fingerprint density at radius 2 is 1.00 bits per heavy atom. The number of nitrogens with zero attached hydrogens (tertiary/aromatic N) is 2. The largest absolute Gasteiger partial charge is 0.315 e. The fraction of sp³-hybridized carbons (Fsp3) is 0.0909. The standard InChI is InChI=1S/C22H20N2O2/c1-23(18-11-5-2-6-12-18)21(25)17-22(26)24(19-13-7-3-8-14-19)20-15-9-4-10-16-20/h2-16H,17H2,1H3. The maximum Gasteiger partial charge on any atom is 0.240 e. The van der Waals surface area contributed by atoms with Crippen LogP contribution < -0.4 is 9.80 Å². The lowest BCUT2D eigenvalue weighted by molar-refractivity contribution is -0.125. The van der Waals surface area contributed by atoms with Crippen LogP contribution in [0.2, 0.25) is 0 Å². The number of rotatable bonds is 5. The molecule has 4 nitrogen and oxygen atoms in total. The van der Waals surface area contributed by atoms with Crippen molar-refractivity contribution in [2.75, 3.05) is 16.8 Å². The van der Waals surface area contributed by atoms with Crippen molar-refractivity contribution in [2.24, 2.45) is 0 Å². The molecule has 3 rings (SSSR count). The van der Waals surface area contributed by atoms with Crippen molar-refractivity contribution in [3.8, 4) is 0 Å². The topological polar surface area (TPSA) is 40.6 Å². The van der Waals surface area contributed by atoms with E-state index in [0.717, 1.165) is 17.1 Å². The molecular weight excluding hydrogens is 324 g/mol. The van der Waals surface area contributed by atoms with E-state index in [0.29, 0.717) is 0 Å². The number of carbonyl (C=O) groups excluding carboxylic acids is 2. The van der Waals surface area contributed by atoms with Gasteiger partial charge in [0.15, 0.2) is 0 Å². The Bertz CT molecular complexity index is 825. The van der Waals surface area contributed by atoms with Crippen molar-refractivity contribution >= 4 is 28.9 Å². The summed E-state index contributed by atoms with van der Waals surface area (Å²) in [6, 6.07) is 28.0. The van der Waals surface area contributed by atoms with E-state index in [4.69, 9.17) is 0 Å². The third-order valence-corrected chi connectivity index (χ3v) is 4.10. The van der Waals surface area contributed by atoms with Crippen LogP contribution in [0.3, 0.4) is 0 Å². The van der Waals surface area contributed by atoms with Crippen LogP contribution in [0.15, 0.2) is 91.0 Å². The molecule has 0 N–H and O–H groups in total. The molecule has 0 atom stereocenters. The molecule has 0 aromatic heterocycles. The van der Waals surface area contributed by atoms with Gasteiger partial charge in [0, 0.05) is 24.1 Å². The van der Waals surface area contributed by atoms with Crippen molar-refractivity contribution in [2.45, 2.75) is 6.42 Å². The number of carbonyl (C=O) groups is 2. The van der Waals surface area contributed by atoms with Crippen molar-refractivity contribution in [3.63, 3.8) is 0 Å². The number of amides is 2. The Labute approximate surface area is 153 Å². The molecule has 3 aromatic rings. The highest BCUT2D eigenvalue weighted by atomic mass is 16.2. The Morgan fingerprint density at radius 1 is 0.615 bits per heavy atom. The number of hydrogen-bond acceptors (Lipinski definition) is 2. The Balaban J connectivity index is 1.83. The van der Waals surface area contributed by atoms with E-state index in [1.165, 1.54) is 4.90 Å². The fourth-order valence-electron chi connectivity index (χ4n) is 2.71. The lowest BCUT2D eigenvalue weighted by Crippen LogP contribution is -2.34. The molecular formula is C22H20N2O2. The predicted octanol–water partition coefficient (Wildman–Crippen LogP) is 4.40. The van der Waals surface area contributed by atoms with Gasteiger partial charge in [-0.15, -0.1) is 0 Å². The molecule has 0 radical (unpaired) electrons. The monoisotopic (exact) mass is 344 g/mol. The highest BCUT2D eigenvalue weighted by molar-refractivity contribution is 6.12. The summed E-state index contributed by atoms with van der Waals surface area (Å²) in [6.45, 7) is 0. The maximum atomic E-state index is 13.0. The molecule has 4 heteroatoms. The summed E-state index contributed by atoms with van der Waals surface area (Å²) in [7, 11) is 1.68. The van der Waals surface area contributed by atoms with Gasteiger partial charge in [0.05, 0.1) is 0 Å². The van der Waals surface area contributed by atoms with Gasteiger partial charge in [0.25, 0.3) is 0 Å². The van der Waals surface area contributed by atoms with E-state index in [-0.39, 0.29) is 18.2 Å². The second kappa shape index (κ2) is 8.12. The molecule has 2 amide bonds. The Morgan fingerprint density at radius 3 is 1.42 bits per heavy atom. The highest BCUT2D eigenvalue weighted by Crippen LogP contribution is 2.26. The number of hydrogen-bond donors (Lipinski definition) is 0. The molecule has 0 fully saturated rings. The van der Waals surface area contributed by atoms with Crippen LogP contribution in [0.25, 0.3) is 0 Å². The minimum absolute atomic E-state index is 0.213. The summed E-state index contributed by atoms with van der Waals surface area (Å²) in [6.07, 6.45) is -0.213. The van der Waals surface area contributed by atoms with Crippen LogP contribution in [-0.4, -0.2) is 18.9 Å². The molecule has 0 aliphatic carbocycles. The molecule has 130 valence electrons.